The lowest BCUT2D eigenvalue weighted by atomic mass is 9.94. The van der Waals surface area contributed by atoms with Gasteiger partial charge >= 0.3 is 0 Å². The van der Waals surface area contributed by atoms with Crippen LogP contribution in [0.25, 0.3) is 5.76 Å². The molecule has 9 heteroatoms. The summed E-state index contributed by atoms with van der Waals surface area (Å²) < 4.78 is 39.4. The van der Waals surface area contributed by atoms with Gasteiger partial charge in [-0.15, -0.1) is 0 Å². The van der Waals surface area contributed by atoms with Gasteiger partial charge in [0.05, 0.1) is 36.4 Å². The van der Waals surface area contributed by atoms with Crippen LogP contribution in [0, 0.1) is 11.6 Å². The molecule has 1 unspecified atom stereocenters. The minimum absolute atomic E-state index is 0.00752. The molecule has 1 aliphatic heterocycles. The second-order valence-corrected chi connectivity index (χ2v) is 7.76. The average molecular weight is 486 g/mol. The van der Waals surface area contributed by atoms with Gasteiger partial charge in [-0.25, -0.2) is 8.78 Å². The molecule has 0 aromatic heterocycles. The van der Waals surface area contributed by atoms with E-state index in [4.69, 9.17) is 21.1 Å². The number of carbonyl (C=O) groups excluding carboxylic acids is 2. The standard InChI is InChI=1S/C25H18ClF2NO5/c1-33-19-12-20(34-2)17(26)11-16(19)23(30)21-22(15-8-3-4-9-18(15)28)29(25(32)24(21)31)14-7-5-6-13(27)10-14/h3-12,22,30H,1-2H3/b23-21+. The molecule has 1 amide bonds. The lowest BCUT2D eigenvalue weighted by Crippen LogP contribution is -2.30. The van der Waals surface area contributed by atoms with E-state index in [0.717, 1.165) is 17.0 Å². The minimum Gasteiger partial charge on any atom is -0.507 e. The Balaban J connectivity index is 2.02. The van der Waals surface area contributed by atoms with Gasteiger partial charge in [0, 0.05) is 17.3 Å². The summed E-state index contributed by atoms with van der Waals surface area (Å²) in [5.74, 6) is -3.80. The number of methoxy groups -OCH3 is 2. The summed E-state index contributed by atoms with van der Waals surface area (Å²) >= 11 is 6.22. The highest BCUT2D eigenvalue weighted by molar-refractivity contribution is 6.51. The normalized spacial score (nSPS) is 17.2. The molecule has 34 heavy (non-hydrogen) atoms. The van der Waals surface area contributed by atoms with Gasteiger partial charge in [-0.1, -0.05) is 35.9 Å². The molecule has 3 aromatic carbocycles. The van der Waals surface area contributed by atoms with Crippen LogP contribution < -0.4 is 14.4 Å². The summed E-state index contributed by atoms with van der Waals surface area (Å²) in [5.41, 5.74) is -0.453. The smallest absolute Gasteiger partial charge is 0.300 e. The Labute approximate surface area is 198 Å². The molecule has 1 atom stereocenters. The first-order chi connectivity index (χ1) is 16.3. The number of ether oxygens (including phenoxy) is 2. The number of halogens is 3. The Morgan fingerprint density at radius 2 is 1.68 bits per heavy atom. The van der Waals surface area contributed by atoms with Crippen molar-refractivity contribution in [2.75, 3.05) is 19.1 Å². The molecular formula is C25H18ClF2NO5. The van der Waals surface area contributed by atoms with Gasteiger partial charge in [0.2, 0.25) is 0 Å². The average Bonchev–Trinajstić information content (AvgIpc) is 3.09. The Morgan fingerprint density at radius 1 is 0.971 bits per heavy atom. The highest BCUT2D eigenvalue weighted by atomic mass is 35.5. The van der Waals surface area contributed by atoms with Crippen molar-refractivity contribution in [3.05, 3.63) is 94.0 Å². The molecule has 1 fully saturated rings. The van der Waals surface area contributed by atoms with Crippen LogP contribution in [0.5, 0.6) is 11.5 Å². The first-order valence-electron chi connectivity index (χ1n) is 10.0. The quantitative estimate of drug-likeness (QED) is 0.303. The van der Waals surface area contributed by atoms with Crippen LogP contribution in [0.4, 0.5) is 14.5 Å². The minimum atomic E-state index is -1.38. The molecular weight excluding hydrogens is 468 g/mol. The number of amides is 1. The lowest BCUT2D eigenvalue weighted by Gasteiger charge is -2.26. The summed E-state index contributed by atoms with van der Waals surface area (Å²) in [4.78, 5) is 27.2. The number of benzene rings is 3. The number of nitrogens with zero attached hydrogens (tertiary/aromatic N) is 1. The Bertz CT molecular complexity index is 1340. The third-order valence-corrected chi connectivity index (χ3v) is 5.76. The van der Waals surface area contributed by atoms with Crippen molar-refractivity contribution in [1.29, 1.82) is 0 Å². The number of ketones is 1. The van der Waals surface area contributed by atoms with E-state index < -0.39 is 40.7 Å². The third kappa shape index (κ3) is 3.86. The second-order valence-electron chi connectivity index (χ2n) is 7.36. The summed E-state index contributed by atoms with van der Waals surface area (Å²) in [5, 5.41) is 11.4. The van der Waals surface area contributed by atoms with E-state index in [0.29, 0.717) is 0 Å². The van der Waals surface area contributed by atoms with Crippen molar-refractivity contribution >= 4 is 34.7 Å². The predicted octanol–water partition coefficient (Wildman–Crippen LogP) is 5.26. The van der Waals surface area contributed by atoms with E-state index in [-0.39, 0.29) is 33.3 Å². The molecule has 6 nitrogen and oxygen atoms in total. The molecule has 4 rings (SSSR count). The zero-order valence-corrected chi connectivity index (χ0v) is 18.8. The van der Waals surface area contributed by atoms with Gasteiger partial charge in [0.15, 0.2) is 0 Å². The van der Waals surface area contributed by atoms with E-state index in [1.807, 2.05) is 0 Å². The number of carbonyl (C=O) groups is 2. The molecule has 174 valence electrons. The predicted molar refractivity (Wildman–Crippen MR) is 122 cm³/mol. The van der Waals surface area contributed by atoms with Crippen molar-refractivity contribution in [3.8, 4) is 11.5 Å². The lowest BCUT2D eigenvalue weighted by molar-refractivity contribution is -0.132. The Kier molecular flexibility index (Phi) is 6.26. The van der Waals surface area contributed by atoms with Crippen LogP contribution in [0.1, 0.15) is 17.2 Å². The van der Waals surface area contributed by atoms with E-state index >= 15 is 0 Å². The number of Topliss-reactive ketones (excluding diaryl/α,β-unsaturated/α-hetero) is 1. The zero-order valence-electron chi connectivity index (χ0n) is 18.0. The monoisotopic (exact) mass is 485 g/mol. The molecule has 1 N–H and O–H groups in total. The molecule has 0 radical (unpaired) electrons. The summed E-state index contributed by atoms with van der Waals surface area (Å²) in [6.45, 7) is 0. The van der Waals surface area contributed by atoms with Crippen LogP contribution in [0.2, 0.25) is 5.02 Å². The first-order valence-corrected chi connectivity index (χ1v) is 10.4. The van der Waals surface area contributed by atoms with E-state index in [2.05, 4.69) is 0 Å². The van der Waals surface area contributed by atoms with Crippen molar-refractivity contribution in [2.24, 2.45) is 0 Å². The van der Waals surface area contributed by atoms with Crippen LogP contribution in [-0.2, 0) is 9.59 Å². The van der Waals surface area contributed by atoms with Crippen LogP contribution in [-0.4, -0.2) is 31.0 Å². The number of hydrogen-bond donors (Lipinski definition) is 1. The van der Waals surface area contributed by atoms with Crippen molar-refractivity contribution in [3.63, 3.8) is 0 Å². The highest BCUT2D eigenvalue weighted by Crippen LogP contribution is 2.45. The van der Waals surface area contributed by atoms with Crippen LogP contribution in [0.15, 0.2) is 66.2 Å². The SMILES string of the molecule is COc1cc(OC)c(/C(O)=C2\C(=O)C(=O)N(c3cccc(F)c3)C2c2ccccc2F)cc1Cl. The van der Waals surface area contributed by atoms with Gasteiger partial charge in [0.1, 0.15) is 28.9 Å². The van der Waals surface area contributed by atoms with Gasteiger partial charge in [-0.2, -0.15) is 0 Å². The van der Waals surface area contributed by atoms with E-state index in [1.54, 1.807) is 0 Å². The highest BCUT2D eigenvalue weighted by Gasteiger charge is 2.48. The molecule has 0 bridgehead atoms. The van der Waals surface area contributed by atoms with Crippen molar-refractivity contribution < 1.29 is 33.0 Å². The number of rotatable bonds is 5. The van der Waals surface area contributed by atoms with Gasteiger partial charge in [-0.05, 0) is 30.3 Å². The number of anilines is 1. The summed E-state index contributed by atoms with van der Waals surface area (Å²) in [7, 11) is 2.72. The Morgan fingerprint density at radius 3 is 2.32 bits per heavy atom. The number of aliphatic hydroxyl groups excluding tert-OH is 1. The maximum Gasteiger partial charge on any atom is 0.300 e. The van der Waals surface area contributed by atoms with Crippen molar-refractivity contribution in [2.45, 2.75) is 6.04 Å². The van der Waals surface area contributed by atoms with E-state index in [1.165, 1.54) is 62.8 Å². The van der Waals surface area contributed by atoms with Gasteiger partial charge in [0.25, 0.3) is 11.7 Å². The topological polar surface area (TPSA) is 76.1 Å². The molecule has 0 saturated carbocycles. The molecule has 0 aliphatic carbocycles. The molecule has 1 saturated heterocycles. The van der Waals surface area contributed by atoms with E-state index in [9.17, 15) is 23.5 Å². The maximum absolute atomic E-state index is 14.9. The van der Waals surface area contributed by atoms with Crippen molar-refractivity contribution in [1.82, 2.24) is 0 Å². The fourth-order valence-electron chi connectivity index (χ4n) is 3.91. The number of hydrogen-bond acceptors (Lipinski definition) is 5. The van der Waals surface area contributed by atoms with Gasteiger partial charge < -0.3 is 14.6 Å². The Hall–Kier alpha value is -3.91. The van der Waals surface area contributed by atoms with Gasteiger partial charge in [-0.3, -0.25) is 14.5 Å². The first kappa shape index (κ1) is 23.3. The number of aliphatic hydroxyl groups is 1. The summed E-state index contributed by atoms with van der Waals surface area (Å²) in [6.07, 6.45) is 0. The molecule has 1 heterocycles. The zero-order chi connectivity index (χ0) is 24.6. The summed E-state index contributed by atoms with van der Waals surface area (Å²) in [6, 6.07) is 11.8. The van der Waals surface area contributed by atoms with Crippen LogP contribution in [0.3, 0.4) is 0 Å². The molecule has 1 aliphatic rings. The molecule has 0 spiro atoms. The second kappa shape index (κ2) is 9.15. The fraction of sp³-hybridized carbons (Fsp3) is 0.120. The fourth-order valence-corrected chi connectivity index (χ4v) is 4.15. The van der Waals surface area contributed by atoms with Crippen LogP contribution >= 0.6 is 11.6 Å². The maximum atomic E-state index is 14.9. The molecule has 3 aromatic rings. The largest absolute Gasteiger partial charge is 0.507 e. The third-order valence-electron chi connectivity index (χ3n) is 5.46.